The van der Waals surface area contributed by atoms with Gasteiger partial charge in [0.25, 0.3) is 0 Å². The molecule has 1 aliphatic carbocycles. The van der Waals surface area contributed by atoms with Crippen molar-refractivity contribution in [3.8, 4) is 0 Å². The highest BCUT2D eigenvalue weighted by atomic mass is 16.1. The SMILES string of the molecule is CCCCCCCCC1CC(=O)CCC1(C)C. The molecule has 0 aromatic rings. The van der Waals surface area contributed by atoms with Gasteiger partial charge >= 0.3 is 0 Å². The van der Waals surface area contributed by atoms with Crippen molar-refractivity contribution in [3.63, 3.8) is 0 Å². The van der Waals surface area contributed by atoms with Gasteiger partial charge in [0.05, 0.1) is 0 Å². The molecule has 0 heterocycles. The average molecular weight is 238 g/mol. The van der Waals surface area contributed by atoms with Gasteiger partial charge in [0.15, 0.2) is 0 Å². The molecule has 17 heavy (non-hydrogen) atoms. The van der Waals surface area contributed by atoms with E-state index in [0.717, 1.165) is 19.3 Å². The van der Waals surface area contributed by atoms with Crippen molar-refractivity contribution in [1.82, 2.24) is 0 Å². The molecule has 1 unspecified atom stereocenters. The van der Waals surface area contributed by atoms with E-state index < -0.39 is 0 Å². The fraction of sp³-hybridized carbons (Fsp3) is 0.938. The van der Waals surface area contributed by atoms with Crippen LogP contribution in [0.3, 0.4) is 0 Å². The second-order valence-electron chi connectivity index (χ2n) is 6.48. The van der Waals surface area contributed by atoms with Gasteiger partial charge in [-0.25, -0.2) is 0 Å². The van der Waals surface area contributed by atoms with Crippen molar-refractivity contribution in [3.05, 3.63) is 0 Å². The first-order valence-corrected chi connectivity index (χ1v) is 7.58. The summed E-state index contributed by atoms with van der Waals surface area (Å²) in [6.45, 7) is 6.96. The smallest absolute Gasteiger partial charge is 0.133 e. The quantitative estimate of drug-likeness (QED) is 0.562. The molecule has 1 aliphatic rings. The lowest BCUT2D eigenvalue weighted by molar-refractivity contribution is -0.124. The topological polar surface area (TPSA) is 17.1 Å². The predicted octanol–water partition coefficient (Wildman–Crippen LogP) is 5.13. The largest absolute Gasteiger partial charge is 0.300 e. The van der Waals surface area contributed by atoms with Gasteiger partial charge in [-0.3, -0.25) is 4.79 Å². The summed E-state index contributed by atoms with van der Waals surface area (Å²) in [5.74, 6) is 1.15. The highest BCUT2D eigenvalue weighted by molar-refractivity contribution is 5.79. The molecular weight excluding hydrogens is 208 g/mol. The first-order valence-electron chi connectivity index (χ1n) is 7.58. The molecule has 1 saturated carbocycles. The van der Waals surface area contributed by atoms with Gasteiger partial charge in [-0.2, -0.15) is 0 Å². The minimum Gasteiger partial charge on any atom is -0.300 e. The van der Waals surface area contributed by atoms with Crippen LogP contribution < -0.4 is 0 Å². The molecule has 1 nitrogen and oxygen atoms in total. The number of ketones is 1. The standard InChI is InChI=1S/C16H30O/c1-4-5-6-7-8-9-10-14-13-15(17)11-12-16(14,2)3/h14H,4-13H2,1-3H3. The van der Waals surface area contributed by atoms with E-state index >= 15 is 0 Å². The maximum Gasteiger partial charge on any atom is 0.133 e. The summed E-state index contributed by atoms with van der Waals surface area (Å²) >= 11 is 0. The molecule has 0 radical (unpaired) electrons. The lowest BCUT2D eigenvalue weighted by atomic mass is 9.67. The molecule has 0 N–H and O–H groups in total. The third-order valence-corrected chi connectivity index (χ3v) is 4.53. The normalized spacial score (nSPS) is 23.9. The first-order chi connectivity index (χ1) is 8.06. The molecule has 0 bridgehead atoms. The summed E-state index contributed by atoms with van der Waals surface area (Å²) in [7, 11) is 0. The lowest BCUT2D eigenvalue weighted by Gasteiger charge is -2.38. The molecule has 0 spiro atoms. The molecule has 0 amide bonds. The van der Waals surface area contributed by atoms with Gasteiger partial charge in [-0.15, -0.1) is 0 Å². The average Bonchev–Trinajstić information content (AvgIpc) is 2.28. The molecule has 1 rings (SSSR count). The zero-order valence-corrected chi connectivity index (χ0v) is 12.1. The van der Waals surface area contributed by atoms with E-state index in [1.807, 2.05) is 0 Å². The molecule has 1 heteroatoms. The lowest BCUT2D eigenvalue weighted by Crippen LogP contribution is -2.31. The second-order valence-corrected chi connectivity index (χ2v) is 6.48. The van der Waals surface area contributed by atoms with Crippen LogP contribution in [0.2, 0.25) is 0 Å². The summed E-state index contributed by atoms with van der Waals surface area (Å²) in [4.78, 5) is 11.5. The van der Waals surface area contributed by atoms with Crippen molar-refractivity contribution in [2.45, 2.75) is 85.0 Å². The third kappa shape index (κ3) is 5.23. The van der Waals surface area contributed by atoms with Gasteiger partial charge in [0.1, 0.15) is 5.78 Å². The monoisotopic (exact) mass is 238 g/mol. The predicted molar refractivity (Wildman–Crippen MR) is 74.1 cm³/mol. The van der Waals surface area contributed by atoms with Crippen molar-refractivity contribution in [2.24, 2.45) is 11.3 Å². The summed E-state index contributed by atoms with van der Waals surface area (Å²) < 4.78 is 0. The van der Waals surface area contributed by atoms with Gasteiger partial charge in [-0.05, 0) is 24.2 Å². The summed E-state index contributed by atoms with van der Waals surface area (Å²) in [6.07, 6.45) is 12.2. The van der Waals surface area contributed by atoms with Crippen LogP contribution in [0.5, 0.6) is 0 Å². The molecule has 100 valence electrons. The molecular formula is C16H30O. The number of hydrogen-bond donors (Lipinski definition) is 0. The highest BCUT2D eigenvalue weighted by Gasteiger charge is 2.34. The van der Waals surface area contributed by atoms with Crippen molar-refractivity contribution in [1.29, 1.82) is 0 Å². The van der Waals surface area contributed by atoms with Gasteiger partial charge in [0.2, 0.25) is 0 Å². The maximum absolute atomic E-state index is 11.5. The van der Waals surface area contributed by atoms with Crippen LogP contribution in [0.1, 0.15) is 85.0 Å². The Morgan fingerprint density at radius 3 is 2.47 bits per heavy atom. The van der Waals surface area contributed by atoms with Crippen LogP contribution in [-0.2, 0) is 4.79 Å². The Morgan fingerprint density at radius 1 is 1.12 bits per heavy atom. The van der Waals surface area contributed by atoms with Gasteiger partial charge < -0.3 is 0 Å². The first kappa shape index (κ1) is 14.7. The Balaban J connectivity index is 2.18. The van der Waals surface area contributed by atoms with Gasteiger partial charge in [-0.1, -0.05) is 59.3 Å². The molecule has 0 saturated heterocycles. The van der Waals surface area contributed by atoms with E-state index in [9.17, 15) is 4.79 Å². The summed E-state index contributed by atoms with van der Waals surface area (Å²) in [5, 5.41) is 0. The fourth-order valence-electron chi connectivity index (χ4n) is 2.98. The van der Waals surface area contributed by atoms with Crippen LogP contribution in [0, 0.1) is 11.3 Å². The fourth-order valence-corrected chi connectivity index (χ4v) is 2.98. The van der Waals surface area contributed by atoms with E-state index in [0.29, 0.717) is 17.1 Å². The Bertz CT molecular complexity index is 230. The van der Waals surface area contributed by atoms with Crippen molar-refractivity contribution in [2.75, 3.05) is 0 Å². The van der Waals surface area contributed by atoms with Crippen LogP contribution in [0.25, 0.3) is 0 Å². The second kappa shape index (κ2) is 7.18. The summed E-state index contributed by atoms with van der Waals surface area (Å²) in [5.41, 5.74) is 0.400. The number of unbranched alkanes of at least 4 members (excludes halogenated alkanes) is 5. The minimum absolute atomic E-state index is 0.400. The van der Waals surface area contributed by atoms with Crippen LogP contribution in [0.4, 0.5) is 0 Å². The third-order valence-electron chi connectivity index (χ3n) is 4.53. The van der Waals surface area contributed by atoms with Crippen molar-refractivity contribution >= 4 is 5.78 Å². The molecule has 0 aliphatic heterocycles. The minimum atomic E-state index is 0.400. The maximum atomic E-state index is 11.5. The number of carbonyl (C=O) groups is 1. The van der Waals surface area contributed by atoms with E-state index in [2.05, 4.69) is 20.8 Å². The van der Waals surface area contributed by atoms with E-state index in [-0.39, 0.29) is 0 Å². The van der Waals surface area contributed by atoms with Gasteiger partial charge in [0, 0.05) is 12.8 Å². The molecule has 1 atom stereocenters. The zero-order chi connectivity index (χ0) is 12.7. The van der Waals surface area contributed by atoms with E-state index in [1.54, 1.807) is 0 Å². The van der Waals surface area contributed by atoms with Crippen LogP contribution in [-0.4, -0.2) is 5.78 Å². The number of rotatable bonds is 7. The Hall–Kier alpha value is -0.330. The van der Waals surface area contributed by atoms with Crippen LogP contribution >= 0.6 is 0 Å². The highest BCUT2D eigenvalue weighted by Crippen LogP contribution is 2.41. The van der Waals surface area contributed by atoms with Crippen LogP contribution in [0.15, 0.2) is 0 Å². The zero-order valence-electron chi connectivity index (χ0n) is 12.1. The molecule has 0 aromatic carbocycles. The van der Waals surface area contributed by atoms with E-state index in [4.69, 9.17) is 0 Å². The van der Waals surface area contributed by atoms with E-state index in [1.165, 1.54) is 44.9 Å². The van der Waals surface area contributed by atoms with Crippen molar-refractivity contribution < 1.29 is 4.79 Å². The number of hydrogen-bond acceptors (Lipinski definition) is 1. The Labute approximate surface area is 107 Å². The Kier molecular flexibility index (Phi) is 6.22. The Morgan fingerprint density at radius 2 is 1.76 bits per heavy atom. The summed E-state index contributed by atoms with van der Waals surface area (Å²) in [6, 6.07) is 0. The molecule has 1 fully saturated rings. The number of carbonyl (C=O) groups excluding carboxylic acids is 1. The molecule has 0 aromatic heterocycles. The number of Topliss-reactive ketones (excluding diaryl/α,β-unsaturated/α-hetero) is 1.